The van der Waals surface area contributed by atoms with Crippen LogP contribution in [0.5, 0.6) is 0 Å². The van der Waals surface area contributed by atoms with Crippen LogP contribution in [-0.4, -0.2) is 25.3 Å². The maximum atomic E-state index is 5.66. The van der Waals surface area contributed by atoms with Gasteiger partial charge >= 0.3 is 0 Å². The maximum Gasteiger partial charge on any atom is 0.0488 e. The van der Waals surface area contributed by atoms with Crippen molar-refractivity contribution >= 4 is 0 Å². The molecule has 20 heavy (non-hydrogen) atoms. The van der Waals surface area contributed by atoms with E-state index in [9.17, 15) is 0 Å². The summed E-state index contributed by atoms with van der Waals surface area (Å²) in [6, 6.07) is 10.7. The van der Waals surface area contributed by atoms with Gasteiger partial charge in [0.05, 0.1) is 0 Å². The number of rotatable bonds is 10. The van der Waals surface area contributed by atoms with E-state index in [1.807, 2.05) is 0 Å². The molecule has 0 heterocycles. The molecular formula is C18H29NO. The summed E-state index contributed by atoms with van der Waals surface area (Å²) >= 11 is 0. The zero-order valence-corrected chi connectivity index (χ0v) is 13.0. The second-order valence-corrected chi connectivity index (χ2v) is 6.52. The largest absolute Gasteiger partial charge is 0.381 e. The molecule has 1 aromatic carbocycles. The van der Waals surface area contributed by atoms with Gasteiger partial charge in [-0.3, -0.25) is 0 Å². The van der Waals surface area contributed by atoms with Crippen LogP contribution in [-0.2, 0) is 11.2 Å². The van der Waals surface area contributed by atoms with E-state index in [2.05, 4.69) is 49.5 Å². The highest BCUT2D eigenvalue weighted by molar-refractivity contribution is 5.15. The van der Waals surface area contributed by atoms with Gasteiger partial charge in [-0.05, 0) is 50.1 Å². The summed E-state index contributed by atoms with van der Waals surface area (Å²) < 4.78 is 5.66. The Hall–Kier alpha value is -0.860. The first-order valence-electron chi connectivity index (χ1n) is 8.07. The molecule has 0 spiro atoms. The molecule has 112 valence electrons. The van der Waals surface area contributed by atoms with E-state index >= 15 is 0 Å². The van der Waals surface area contributed by atoms with Crippen LogP contribution in [0.1, 0.15) is 45.1 Å². The van der Waals surface area contributed by atoms with Gasteiger partial charge in [-0.25, -0.2) is 0 Å². The number of nitrogens with one attached hydrogen (secondary N) is 1. The van der Waals surface area contributed by atoms with E-state index in [-0.39, 0.29) is 0 Å². The van der Waals surface area contributed by atoms with Gasteiger partial charge < -0.3 is 10.1 Å². The summed E-state index contributed by atoms with van der Waals surface area (Å²) in [4.78, 5) is 0. The van der Waals surface area contributed by atoms with Crippen molar-refractivity contribution in [2.45, 2.75) is 51.5 Å². The van der Waals surface area contributed by atoms with Crippen molar-refractivity contribution in [3.8, 4) is 0 Å². The number of benzene rings is 1. The van der Waals surface area contributed by atoms with Crippen molar-refractivity contribution in [2.75, 3.05) is 19.8 Å². The van der Waals surface area contributed by atoms with E-state index < -0.39 is 0 Å². The summed E-state index contributed by atoms with van der Waals surface area (Å²) in [6.45, 7) is 7.31. The van der Waals surface area contributed by atoms with Crippen molar-refractivity contribution in [2.24, 2.45) is 5.92 Å². The monoisotopic (exact) mass is 275 g/mol. The molecule has 0 radical (unpaired) electrons. The molecule has 1 fully saturated rings. The lowest BCUT2D eigenvalue weighted by Crippen LogP contribution is -2.33. The van der Waals surface area contributed by atoms with Gasteiger partial charge in [0, 0.05) is 18.8 Å². The molecule has 0 unspecified atom stereocenters. The lowest BCUT2D eigenvalue weighted by molar-refractivity contribution is 0.104. The average Bonchev–Trinajstić information content (AvgIpc) is 3.19. The molecular weight excluding hydrogens is 246 g/mol. The van der Waals surface area contributed by atoms with E-state index in [0.717, 1.165) is 26.2 Å². The van der Waals surface area contributed by atoms with Crippen LogP contribution in [0.2, 0.25) is 0 Å². The molecule has 1 aliphatic rings. The summed E-state index contributed by atoms with van der Waals surface area (Å²) in [7, 11) is 0. The summed E-state index contributed by atoms with van der Waals surface area (Å²) in [6.07, 6.45) is 6.26. The second kappa shape index (κ2) is 7.80. The maximum absolute atomic E-state index is 5.66. The summed E-state index contributed by atoms with van der Waals surface area (Å²) in [5.74, 6) is 0.647. The lowest BCUT2D eigenvalue weighted by Gasteiger charge is -2.17. The van der Waals surface area contributed by atoms with Crippen LogP contribution in [0, 0.1) is 5.92 Å². The third-order valence-corrected chi connectivity index (χ3v) is 4.01. The fourth-order valence-corrected chi connectivity index (χ4v) is 2.61. The van der Waals surface area contributed by atoms with E-state index in [1.165, 1.54) is 31.2 Å². The average molecular weight is 275 g/mol. The Bertz CT molecular complexity index is 370. The Morgan fingerprint density at radius 3 is 2.60 bits per heavy atom. The first-order valence-corrected chi connectivity index (χ1v) is 8.07. The number of hydrogen-bond donors (Lipinski definition) is 1. The minimum atomic E-state index is 0.440. The van der Waals surface area contributed by atoms with Gasteiger partial charge in [-0.1, -0.05) is 44.2 Å². The Morgan fingerprint density at radius 2 is 1.95 bits per heavy atom. The van der Waals surface area contributed by atoms with E-state index in [0.29, 0.717) is 11.5 Å². The SMILES string of the molecule is CC(C)COCCCC1(NCCc2ccccc2)CC1. The molecule has 1 aromatic rings. The smallest absolute Gasteiger partial charge is 0.0488 e. The van der Waals surface area contributed by atoms with Crippen LogP contribution < -0.4 is 5.32 Å². The molecule has 0 bridgehead atoms. The van der Waals surface area contributed by atoms with Gasteiger partial charge in [0.25, 0.3) is 0 Å². The predicted octanol–water partition coefficient (Wildman–Crippen LogP) is 3.80. The topological polar surface area (TPSA) is 21.3 Å². The lowest BCUT2D eigenvalue weighted by atomic mass is 10.1. The van der Waals surface area contributed by atoms with E-state index in [1.54, 1.807) is 0 Å². The molecule has 2 nitrogen and oxygen atoms in total. The highest BCUT2D eigenvalue weighted by atomic mass is 16.5. The zero-order valence-electron chi connectivity index (χ0n) is 13.0. The quantitative estimate of drug-likeness (QED) is 0.656. The highest BCUT2D eigenvalue weighted by Gasteiger charge is 2.40. The highest BCUT2D eigenvalue weighted by Crippen LogP contribution is 2.39. The standard InChI is InChI=1S/C18H29NO/c1-16(2)15-20-14-6-10-18(11-12-18)19-13-9-17-7-4-3-5-8-17/h3-5,7-8,16,19H,6,9-15H2,1-2H3. The van der Waals surface area contributed by atoms with Crippen LogP contribution in [0.25, 0.3) is 0 Å². The molecule has 0 amide bonds. The van der Waals surface area contributed by atoms with Crippen LogP contribution in [0.15, 0.2) is 30.3 Å². The van der Waals surface area contributed by atoms with Gasteiger partial charge in [-0.15, -0.1) is 0 Å². The zero-order chi connectivity index (χ0) is 14.3. The molecule has 0 aromatic heterocycles. The second-order valence-electron chi connectivity index (χ2n) is 6.52. The molecule has 1 N–H and O–H groups in total. The molecule has 2 heteroatoms. The molecule has 0 aliphatic heterocycles. The van der Waals surface area contributed by atoms with Crippen LogP contribution in [0.4, 0.5) is 0 Å². The molecule has 2 rings (SSSR count). The molecule has 1 aliphatic carbocycles. The third kappa shape index (κ3) is 5.64. The van der Waals surface area contributed by atoms with Gasteiger partial charge in [-0.2, -0.15) is 0 Å². The van der Waals surface area contributed by atoms with Crippen molar-refractivity contribution in [3.63, 3.8) is 0 Å². The Kier molecular flexibility index (Phi) is 6.06. The van der Waals surface area contributed by atoms with Gasteiger partial charge in [0.1, 0.15) is 0 Å². The summed E-state index contributed by atoms with van der Waals surface area (Å²) in [5, 5.41) is 3.76. The molecule has 0 atom stereocenters. The van der Waals surface area contributed by atoms with Crippen molar-refractivity contribution in [3.05, 3.63) is 35.9 Å². The Morgan fingerprint density at radius 1 is 1.20 bits per heavy atom. The first-order chi connectivity index (χ1) is 9.70. The van der Waals surface area contributed by atoms with Crippen molar-refractivity contribution in [1.29, 1.82) is 0 Å². The van der Waals surface area contributed by atoms with Gasteiger partial charge in [0.15, 0.2) is 0 Å². The van der Waals surface area contributed by atoms with Crippen LogP contribution in [0.3, 0.4) is 0 Å². The van der Waals surface area contributed by atoms with Crippen LogP contribution >= 0.6 is 0 Å². The van der Waals surface area contributed by atoms with Crippen molar-refractivity contribution < 1.29 is 4.74 Å². The Balaban J connectivity index is 1.56. The summed E-state index contributed by atoms with van der Waals surface area (Å²) in [5.41, 5.74) is 1.87. The van der Waals surface area contributed by atoms with Gasteiger partial charge in [0.2, 0.25) is 0 Å². The normalized spacial score (nSPS) is 16.6. The fraction of sp³-hybridized carbons (Fsp3) is 0.667. The minimum absolute atomic E-state index is 0.440. The fourth-order valence-electron chi connectivity index (χ4n) is 2.61. The number of ether oxygens (including phenoxy) is 1. The predicted molar refractivity (Wildman–Crippen MR) is 85.0 cm³/mol. The van der Waals surface area contributed by atoms with E-state index in [4.69, 9.17) is 4.74 Å². The first kappa shape index (κ1) is 15.5. The minimum Gasteiger partial charge on any atom is -0.381 e. The molecule has 0 saturated heterocycles. The molecule has 1 saturated carbocycles. The third-order valence-electron chi connectivity index (χ3n) is 4.01. The van der Waals surface area contributed by atoms with Crippen molar-refractivity contribution in [1.82, 2.24) is 5.32 Å². The Labute approximate surface area is 123 Å². The number of hydrogen-bond acceptors (Lipinski definition) is 2.